The SMILES string of the molecule is CC1Cc2cc(C(N)C(C)C3CC3)ccc2O1. The normalized spacial score (nSPS) is 26.2. The summed E-state index contributed by atoms with van der Waals surface area (Å²) in [5.41, 5.74) is 8.97. The van der Waals surface area contributed by atoms with Gasteiger partial charge < -0.3 is 10.5 Å². The molecule has 3 unspecified atom stereocenters. The van der Waals surface area contributed by atoms with Crippen LogP contribution in [0.3, 0.4) is 0 Å². The lowest BCUT2D eigenvalue weighted by molar-refractivity contribution is 0.254. The molecule has 92 valence electrons. The Morgan fingerprint density at radius 1 is 1.35 bits per heavy atom. The smallest absolute Gasteiger partial charge is 0.123 e. The van der Waals surface area contributed by atoms with E-state index in [1.165, 1.54) is 24.0 Å². The van der Waals surface area contributed by atoms with E-state index >= 15 is 0 Å². The highest BCUT2D eigenvalue weighted by molar-refractivity contribution is 5.41. The number of benzene rings is 1. The van der Waals surface area contributed by atoms with Crippen molar-refractivity contribution in [1.82, 2.24) is 0 Å². The highest BCUT2D eigenvalue weighted by Gasteiger charge is 2.32. The third-order valence-corrected chi connectivity index (χ3v) is 4.24. The number of ether oxygens (including phenoxy) is 1. The van der Waals surface area contributed by atoms with Crippen molar-refractivity contribution in [3.63, 3.8) is 0 Å². The highest BCUT2D eigenvalue weighted by atomic mass is 16.5. The predicted octanol–water partition coefficient (Wildman–Crippen LogP) is 3.06. The molecule has 3 rings (SSSR count). The Bertz CT molecular complexity index is 425. The molecule has 1 aliphatic heterocycles. The summed E-state index contributed by atoms with van der Waals surface area (Å²) in [7, 11) is 0. The van der Waals surface area contributed by atoms with Gasteiger partial charge in [-0.15, -0.1) is 0 Å². The molecular weight excluding hydrogens is 210 g/mol. The van der Waals surface area contributed by atoms with E-state index in [9.17, 15) is 0 Å². The molecule has 0 bridgehead atoms. The molecule has 1 aromatic rings. The third-order valence-electron chi connectivity index (χ3n) is 4.24. The van der Waals surface area contributed by atoms with Crippen molar-refractivity contribution in [2.24, 2.45) is 17.6 Å². The van der Waals surface area contributed by atoms with Crippen LogP contribution < -0.4 is 10.5 Å². The van der Waals surface area contributed by atoms with E-state index in [2.05, 4.69) is 32.0 Å². The maximum absolute atomic E-state index is 6.37. The molecule has 17 heavy (non-hydrogen) atoms. The molecular formula is C15H21NO. The first-order chi connectivity index (χ1) is 8.15. The fraction of sp³-hybridized carbons (Fsp3) is 0.600. The average Bonchev–Trinajstić information content (AvgIpc) is 3.08. The van der Waals surface area contributed by atoms with Crippen LogP contribution in [-0.2, 0) is 6.42 Å². The van der Waals surface area contributed by atoms with Crippen molar-refractivity contribution in [2.45, 2.75) is 45.3 Å². The zero-order chi connectivity index (χ0) is 12.0. The van der Waals surface area contributed by atoms with Gasteiger partial charge in [0.15, 0.2) is 0 Å². The average molecular weight is 231 g/mol. The van der Waals surface area contributed by atoms with Crippen LogP contribution in [0.25, 0.3) is 0 Å². The Balaban J connectivity index is 1.81. The first kappa shape index (κ1) is 11.1. The topological polar surface area (TPSA) is 35.2 Å². The van der Waals surface area contributed by atoms with E-state index in [1.54, 1.807) is 0 Å². The predicted molar refractivity (Wildman–Crippen MR) is 69.1 cm³/mol. The molecule has 2 aliphatic rings. The lowest BCUT2D eigenvalue weighted by Crippen LogP contribution is -2.20. The van der Waals surface area contributed by atoms with Crippen molar-refractivity contribution in [1.29, 1.82) is 0 Å². The molecule has 3 atom stereocenters. The van der Waals surface area contributed by atoms with Gasteiger partial charge >= 0.3 is 0 Å². The molecule has 0 spiro atoms. The van der Waals surface area contributed by atoms with Crippen LogP contribution >= 0.6 is 0 Å². The van der Waals surface area contributed by atoms with E-state index in [-0.39, 0.29) is 6.04 Å². The molecule has 0 amide bonds. The zero-order valence-electron chi connectivity index (χ0n) is 10.6. The summed E-state index contributed by atoms with van der Waals surface area (Å²) in [6.07, 6.45) is 4.06. The molecule has 1 heterocycles. The van der Waals surface area contributed by atoms with Gasteiger partial charge in [0.1, 0.15) is 11.9 Å². The second-order valence-electron chi connectivity index (χ2n) is 5.72. The lowest BCUT2D eigenvalue weighted by Gasteiger charge is -2.20. The van der Waals surface area contributed by atoms with Gasteiger partial charge in [-0.1, -0.05) is 19.1 Å². The Labute approximate surface area is 103 Å². The quantitative estimate of drug-likeness (QED) is 0.867. The van der Waals surface area contributed by atoms with Crippen LogP contribution in [-0.4, -0.2) is 6.10 Å². The molecule has 2 N–H and O–H groups in total. The van der Waals surface area contributed by atoms with Crippen molar-refractivity contribution in [3.8, 4) is 5.75 Å². The maximum Gasteiger partial charge on any atom is 0.123 e. The van der Waals surface area contributed by atoms with Crippen LogP contribution in [0.2, 0.25) is 0 Å². The summed E-state index contributed by atoms with van der Waals surface area (Å²) < 4.78 is 5.72. The standard InChI is InChI=1S/C15H21NO/c1-9-7-13-8-12(5-6-14(13)17-9)15(16)10(2)11-3-4-11/h5-6,8-11,15H,3-4,7,16H2,1-2H3. The fourth-order valence-corrected chi connectivity index (χ4v) is 2.87. The van der Waals surface area contributed by atoms with Gasteiger partial charge in [0.05, 0.1) is 0 Å². The minimum Gasteiger partial charge on any atom is -0.490 e. The molecule has 2 nitrogen and oxygen atoms in total. The van der Waals surface area contributed by atoms with Crippen molar-refractivity contribution >= 4 is 0 Å². The second kappa shape index (κ2) is 4.02. The molecule has 0 saturated heterocycles. The van der Waals surface area contributed by atoms with Crippen LogP contribution in [0, 0.1) is 11.8 Å². The van der Waals surface area contributed by atoms with Crippen LogP contribution in [0.4, 0.5) is 0 Å². The van der Waals surface area contributed by atoms with E-state index < -0.39 is 0 Å². The number of nitrogens with two attached hydrogens (primary N) is 1. The Morgan fingerprint density at radius 3 is 2.82 bits per heavy atom. The molecule has 1 saturated carbocycles. The summed E-state index contributed by atoms with van der Waals surface area (Å²) in [6.45, 7) is 4.40. The molecule has 0 radical (unpaired) electrons. The minimum absolute atomic E-state index is 0.184. The van der Waals surface area contributed by atoms with E-state index in [0.717, 1.165) is 18.1 Å². The van der Waals surface area contributed by atoms with E-state index in [1.807, 2.05) is 0 Å². The van der Waals surface area contributed by atoms with Crippen LogP contribution in [0.5, 0.6) is 5.75 Å². The largest absolute Gasteiger partial charge is 0.490 e. The zero-order valence-corrected chi connectivity index (χ0v) is 10.6. The second-order valence-corrected chi connectivity index (χ2v) is 5.72. The number of fused-ring (bicyclic) bond motifs is 1. The van der Waals surface area contributed by atoms with E-state index in [0.29, 0.717) is 12.0 Å². The Morgan fingerprint density at radius 2 is 2.12 bits per heavy atom. The van der Waals surface area contributed by atoms with Gasteiger partial charge in [0.2, 0.25) is 0 Å². The summed E-state index contributed by atoms with van der Waals surface area (Å²) in [5, 5.41) is 0. The number of hydrogen-bond acceptors (Lipinski definition) is 2. The first-order valence-corrected chi connectivity index (χ1v) is 6.70. The molecule has 0 aromatic heterocycles. The molecule has 1 fully saturated rings. The number of rotatable bonds is 3. The van der Waals surface area contributed by atoms with E-state index in [4.69, 9.17) is 10.5 Å². The van der Waals surface area contributed by atoms with Crippen molar-refractivity contribution < 1.29 is 4.74 Å². The third kappa shape index (κ3) is 2.06. The summed E-state index contributed by atoms with van der Waals surface area (Å²) >= 11 is 0. The monoisotopic (exact) mass is 231 g/mol. The summed E-state index contributed by atoms with van der Waals surface area (Å²) in [5.74, 6) is 2.51. The van der Waals surface area contributed by atoms with Gasteiger partial charge in [-0.2, -0.15) is 0 Å². The Hall–Kier alpha value is -1.02. The van der Waals surface area contributed by atoms with Gasteiger partial charge in [0.25, 0.3) is 0 Å². The van der Waals surface area contributed by atoms with Gasteiger partial charge in [-0.25, -0.2) is 0 Å². The van der Waals surface area contributed by atoms with Crippen molar-refractivity contribution in [3.05, 3.63) is 29.3 Å². The summed E-state index contributed by atoms with van der Waals surface area (Å²) in [6, 6.07) is 6.67. The molecule has 2 heteroatoms. The van der Waals surface area contributed by atoms with Gasteiger partial charge in [-0.3, -0.25) is 0 Å². The first-order valence-electron chi connectivity index (χ1n) is 6.70. The molecule has 1 aromatic carbocycles. The van der Waals surface area contributed by atoms with Crippen LogP contribution in [0.1, 0.15) is 43.9 Å². The van der Waals surface area contributed by atoms with Crippen molar-refractivity contribution in [2.75, 3.05) is 0 Å². The Kier molecular flexibility index (Phi) is 2.62. The maximum atomic E-state index is 6.37. The fourth-order valence-electron chi connectivity index (χ4n) is 2.87. The number of hydrogen-bond donors (Lipinski definition) is 1. The van der Waals surface area contributed by atoms with Crippen LogP contribution in [0.15, 0.2) is 18.2 Å². The highest BCUT2D eigenvalue weighted by Crippen LogP contribution is 2.42. The lowest BCUT2D eigenvalue weighted by atomic mass is 9.90. The molecule has 1 aliphatic carbocycles. The van der Waals surface area contributed by atoms with Gasteiger partial charge in [-0.05, 0) is 48.8 Å². The van der Waals surface area contributed by atoms with Gasteiger partial charge in [0, 0.05) is 12.5 Å². The summed E-state index contributed by atoms with van der Waals surface area (Å²) in [4.78, 5) is 0. The minimum atomic E-state index is 0.184.